The van der Waals surface area contributed by atoms with Crippen LogP contribution in [0.5, 0.6) is 0 Å². The SMILES string of the molecule is Fc1c(-c2cccs2)ccnc1Br. The third-order valence-electron chi connectivity index (χ3n) is 1.63. The van der Waals surface area contributed by atoms with Crippen molar-refractivity contribution in [1.29, 1.82) is 0 Å². The first-order valence-electron chi connectivity index (χ1n) is 3.63. The van der Waals surface area contributed by atoms with Crippen molar-refractivity contribution in [3.63, 3.8) is 0 Å². The van der Waals surface area contributed by atoms with Crippen LogP contribution in [0, 0.1) is 5.82 Å². The van der Waals surface area contributed by atoms with Gasteiger partial charge in [0.05, 0.1) is 0 Å². The van der Waals surface area contributed by atoms with E-state index >= 15 is 0 Å². The molecule has 2 aromatic heterocycles. The molecule has 0 saturated carbocycles. The molecule has 0 N–H and O–H groups in total. The number of pyridine rings is 1. The Labute approximate surface area is 87.4 Å². The molecule has 0 aliphatic rings. The van der Waals surface area contributed by atoms with E-state index < -0.39 is 0 Å². The zero-order chi connectivity index (χ0) is 9.26. The van der Waals surface area contributed by atoms with E-state index in [9.17, 15) is 4.39 Å². The molecule has 4 heteroatoms. The Hall–Kier alpha value is -0.740. The first kappa shape index (κ1) is 8.84. The van der Waals surface area contributed by atoms with Crippen molar-refractivity contribution in [3.05, 3.63) is 40.2 Å². The van der Waals surface area contributed by atoms with Gasteiger partial charge in [-0.1, -0.05) is 6.07 Å². The van der Waals surface area contributed by atoms with Crippen LogP contribution in [-0.2, 0) is 0 Å². The van der Waals surface area contributed by atoms with E-state index in [4.69, 9.17) is 0 Å². The molecule has 2 rings (SSSR count). The minimum absolute atomic E-state index is 0.262. The van der Waals surface area contributed by atoms with Gasteiger partial charge in [0.25, 0.3) is 0 Å². The van der Waals surface area contributed by atoms with Gasteiger partial charge in [-0.2, -0.15) is 0 Å². The van der Waals surface area contributed by atoms with Crippen LogP contribution in [0.1, 0.15) is 0 Å². The third-order valence-corrected chi connectivity index (χ3v) is 3.09. The Bertz CT molecular complexity index is 414. The first-order valence-corrected chi connectivity index (χ1v) is 5.30. The predicted octanol–water partition coefficient (Wildman–Crippen LogP) is 3.71. The highest BCUT2D eigenvalue weighted by molar-refractivity contribution is 9.10. The lowest BCUT2D eigenvalue weighted by molar-refractivity contribution is 0.617. The van der Waals surface area contributed by atoms with Crippen LogP contribution in [0.3, 0.4) is 0 Å². The third kappa shape index (κ3) is 1.64. The van der Waals surface area contributed by atoms with E-state index in [1.165, 1.54) is 11.3 Å². The monoisotopic (exact) mass is 257 g/mol. The normalized spacial score (nSPS) is 10.3. The van der Waals surface area contributed by atoms with Crippen molar-refractivity contribution >= 4 is 27.3 Å². The van der Waals surface area contributed by atoms with Crippen LogP contribution in [0.15, 0.2) is 34.4 Å². The Balaban J connectivity index is 2.59. The lowest BCUT2D eigenvalue weighted by Crippen LogP contribution is -1.85. The van der Waals surface area contributed by atoms with Crippen LogP contribution in [-0.4, -0.2) is 4.98 Å². The van der Waals surface area contributed by atoms with Crippen LogP contribution >= 0.6 is 27.3 Å². The van der Waals surface area contributed by atoms with Crippen LogP contribution in [0.2, 0.25) is 0 Å². The summed E-state index contributed by atoms with van der Waals surface area (Å²) in [6.45, 7) is 0. The fraction of sp³-hybridized carbons (Fsp3) is 0. The molecule has 0 aliphatic carbocycles. The van der Waals surface area contributed by atoms with E-state index in [-0.39, 0.29) is 10.4 Å². The van der Waals surface area contributed by atoms with Gasteiger partial charge in [0.1, 0.15) is 4.60 Å². The molecule has 0 unspecified atom stereocenters. The fourth-order valence-electron chi connectivity index (χ4n) is 1.04. The van der Waals surface area contributed by atoms with Crippen molar-refractivity contribution in [2.24, 2.45) is 0 Å². The first-order chi connectivity index (χ1) is 6.29. The van der Waals surface area contributed by atoms with Gasteiger partial charge in [-0.25, -0.2) is 9.37 Å². The molecular formula is C9H5BrFNS. The summed E-state index contributed by atoms with van der Waals surface area (Å²) in [5.41, 5.74) is 0.594. The number of hydrogen-bond acceptors (Lipinski definition) is 2. The fourth-order valence-corrected chi connectivity index (χ4v) is 2.12. The van der Waals surface area contributed by atoms with Crippen LogP contribution in [0.4, 0.5) is 4.39 Å². The van der Waals surface area contributed by atoms with Crippen LogP contribution < -0.4 is 0 Å². The topological polar surface area (TPSA) is 12.9 Å². The molecule has 0 aromatic carbocycles. The lowest BCUT2D eigenvalue weighted by atomic mass is 10.2. The maximum Gasteiger partial charge on any atom is 0.164 e. The Morgan fingerprint density at radius 3 is 2.92 bits per heavy atom. The number of rotatable bonds is 1. The highest BCUT2D eigenvalue weighted by Crippen LogP contribution is 2.29. The molecule has 0 atom stereocenters. The maximum atomic E-state index is 13.5. The van der Waals surface area contributed by atoms with Crippen molar-refractivity contribution in [1.82, 2.24) is 4.98 Å². The molecule has 66 valence electrons. The van der Waals surface area contributed by atoms with Crippen LogP contribution in [0.25, 0.3) is 10.4 Å². The van der Waals surface area contributed by atoms with E-state index in [2.05, 4.69) is 20.9 Å². The largest absolute Gasteiger partial charge is 0.246 e. The molecule has 0 spiro atoms. The minimum atomic E-state index is -0.301. The van der Waals surface area contributed by atoms with Gasteiger partial charge in [0.2, 0.25) is 0 Å². The van der Waals surface area contributed by atoms with Gasteiger partial charge in [-0.15, -0.1) is 11.3 Å². The number of nitrogens with zero attached hydrogens (tertiary/aromatic N) is 1. The summed E-state index contributed by atoms with van der Waals surface area (Å²) in [4.78, 5) is 4.71. The summed E-state index contributed by atoms with van der Waals surface area (Å²) in [6.07, 6.45) is 1.59. The predicted molar refractivity (Wildman–Crippen MR) is 55.2 cm³/mol. The highest BCUT2D eigenvalue weighted by Gasteiger charge is 2.08. The molecule has 0 radical (unpaired) electrons. The zero-order valence-corrected chi connectivity index (χ0v) is 8.90. The molecule has 0 bridgehead atoms. The number of hydrogen-bond donors (Lipinski definition) is 0. The van der Waals surface area contributed by atoms with Gasteiger partial charge in [-0.05, 0) is 33.4 Å². The number of halogens is 2. The van der Waals surface area contributed by atoms with E-state index in [0.29, 0.717) is 5.56 Å². The lowest BCUT2D eigenvalue weighted by Gasteiger charge is -1.99. The summed E-state index contributed by atoms with van der Waals surface area (Å²) in [5, 5.41) is 1.92. The Kier molecular flexibility index (Phi) is 2.42. The highest BCUT2D eigenvalue weighted by atomic mass is 79.9. The van der Waals surface area contributed by atoms with Gasteiger partial charge in [0.15, 0.2) is 5.82 Å². The quantitative estimate of drug-likeness (QED) is 0.710. The molecule has 0 fully saturated rings. The van der Waals surface area contributed by atoms with E-state index in [0.717, 1.165) is 4.88 Å². The maximum absolute atomic E-state index is 13.5. The summed E-state index contributed by atoms with van der Waals surface area (Å²) in [5.74, 6) is -0.301. The minimum Gasteiger partial charge on any atom is -0.246 e. The molecule has 13 heavy (non-hydrogen) atoms. The van der Waals surface area contributed by atoms with Gasteiger partial charge < -0.3 is 0 Å². The molecule has 2 aromatic rings. The Morgan fingerprint density at radius 2 is 2.23 bits per heavy atom. The van der Waals surface area contributed by atoms with Gasteiger partial charge in [-0.3, -0.25) is 0 Å². The zero-order valence-electron chi connectivity index (χ0n) is 6.50. The second kappa shape index (κ2) is 3.55. The van der Waals surface area contributed by atoms with E-state index in [1.54, 1.807) is 12.3 Å². The summed E-state index contributed by atoms with van der Waals surface area (Å²) in [6, 6.07) is 5.45. The molecule has 2 heterocycles. The second-order valence-electron chi connectivity index (χ2n) is 2.44. The average molecular weight is 258 g/mol. The summed E-state index contributed by atoms with van der Waals surface area (Å²) in [7, 11) is 0. The van der Waals surface area contributed by atoms with Crippen molar-refractivity contribution in [3.8, 4) is 10.4 Å². The smallest absolute Gasteiger partial charge is 0.164 e. The summed E-state index contributed by atoms with van der Waals surface area (Å²) < 4.78 is 13.7. The average Bonchev–Trinajstić information content (AvgIpc) is 2.62. The second-order valence-corrected chi connectivity index (χ2v) is 4.14. The number of aromatic nitrogens is 1. The molecule has 0 amide bonds. The van der Waals surface area contributed by atoms with Gasteiger partial charge >= 0.3 is 0 Å². The van der Waals surface area contributed by atoms with E-state index in [1.807, 2.05) is 17.5 Å². The standard InChI is InChI=1S/C9H5BrFNS/c10-9-8(11)6(3-4-12-9)7-2-1-5-13-7/h1-5H. The molecule has 0 saturated heterocycles. The van der Waals surface area contributed by atoms with Crippen molar-refractivity contribution < 1.29 is 4.39 Å². The number of thiophene rings is 1. The van der Waals surface area contributed by atoms with Crippen molar-refractivity contribution in [2.45, 2.75) is 0 Å². The van der Waals surface area contributed by atoms with Gasteiger partial charge in [0, 0.05) is 16.6 Å². The molecule has 0 aliphatic heterocycles. The van der Waals surface area contributed by atoms with Crippen molar-refractivity contribution in [2.75, 3.05) is 0 Å². The Morgan fingerprint density at radius 1 is 1.38 bits per heavy atom. The molecule has 1 nitrogen and oxygen atoms in total. The molecular weight excluding hydrogens is 253 g/mol. The summed E-state index contributed by atoms with van der Waals surface area (Å²) >= 11 is 4.56.